The molecule has 4 heteroatoms. The zero-order valence-electron chi connectivity index (χ0n) is 12.3. The van der Waals surface area contributed by atoms with Gasteiger partial charge in [-0.25, -0.2) is 9.67 Å². The molecule has 2 heterocycles. The van der Waals surface area contributed by atoms with Crippen LogP contribution in [-0.4, -0.2) is 20.4 Å². The predicted octanol–water partition coefficient (Wildman–Crippen LogP) is 3.07. The zero-order valence-corrected chi connectivity index (χ0v) is 12.3. The third-order valence-corrected chi connectivity index (χ3v) is 4.06. The first-order valence-electron chi connectivity index (χ1n) is 7.09. The number of benzene rings is 1. The highest BCUT2D eigenvalue weighted by molar-refractivity contribution is 5.28. The minimum Gasteiger partial charge on any atom is -0.362 e. The van der Waals surface area contributed by atoms with Crippen LogP contribution < -0.4 is 0 Å². The molecule has 0 aliphatic carbocycles. The lowest BCUT2D eigenvalue weighted by atomic mass is 9.89. The molecular weight excluding hydrogens is 250 g/mol. The topological polar surface area (TPSA) is 39.9 Å². The Morgan fingerprint density at radius 1 is 1.20 bits per heavy atom. The summed E-state index contributed by atoms with van der Waals surface area (Å²) in [5.74, 6) is 0. The molecule has 1 atom stereocenters. The predicted molar refractivity (Wildman–Crippen MR) is 77.3 cm³/mol. The Morgan fingerprint density at radius 3 is 2.50 bits per heavy atom. The average Bonchev–Trinajstić information content (AvgIpc) is 2.99. The quantitative estimate of drug-likeness (QED) is 0.861. The fourth-order valence-electron chi connectivity index (χ4n) is 2.97. The first-order valence-corrected chi connectivity index (χ1v) is 7.09. The summed E-state index contributed by atoms with van der Waals surface area (Å²) in [5, 5.41) is 4.24. The van der Waals surface area contributed by atoms with Crippen molar-refractivity contribution in [2.75, 3.05) is 0 Å². The van der Waals surface area contributed by atoms with Gasteiger partial charge >= 0.3 is 0 Å². The third kappa shape index (κ3) is 2.48. The van der Waals surface area contributed by atoms with Crippen molar-refractivity contribution in [2.24, 2.45) is 0 Å². The van der Waals surface area contributed by atoms with E-state index >= 15 is 0 Å². The van der Waals surface area contributed by atoms with E-state index in [4.69, 9.17) is 4.74 Å². The monoisotopic (exact) mass is 271 g/mol. The van der Waals surface area contributed by atoms with Gasteiger partial charge < -0.3 is 4.74 Å². The molecule has 1 aromatic carbocycles. The highest BCUT2D eigenvalue weighted by atomic mass is 16.5. The van der Waals surface area contributed by atoms with Crippen LogP contribution in [0.1, 0.15) is 37.8 Å². The molecule has 106 valence electrons. The van der Waals surface area contributed by atoms with Crippen LogP contribution in [0.5, 0.6) is 0 Å². The van der Waals surface area contributed by atoms with Gasteiger partial charge in [0.2, 0.25) is 0 Å². The van der Waals surface area contributed by atoms with E-state index in [0.717, 1.165) is 12.8 Å². The maximum Gasteiger partial charge on any atom is 0.137 e. The van der Waals surface area contributed by atoms with Crippen LogP contribution in [0.3, 0.4) is 0 Å². The Labute approximate surface area is 119 Å². The number of nitrogens with zero attached hydrogens (tertiary/aromatic N) is 3. The number of rotatable bonds is 3. The molecule has 0 amide bonds. The fourth-order valence-corrected chi connectivity index (χ4v) is 2.97. The molecule has 1 aromatic heterocycles. The van der Waals surface area contributed by atoms with E-state index in [1.165, 1.54) is 11.1 Å². The van der Waals surface area contributed by atoms with Gasteiger partial charge in [0.1, 0.15) is 18.3 Å². The number of hydrogen-bond acceptors (Lipinski definition) is 3. The lowest BCUT2D eigenvalue weighted by Crippen LogP contribution is -2.34. The van der Waals surface area contributed by atoms with E-state index in [1.54, 1.807) is 12.7 Å². The van der Waals surface area contributed by atoms with Crippen molar-refractivity contribution in [3.63, 3.8) is 0 Å². The van der Waals surface area contributed by atoms with Gasteiger partial charge in [-0.15, -0.1) is 0 Å². The molecule has 0 bridgehead atoms. The maximum atomic E-state index is 6.45. The molecule has 1 aliphatic rings. The molecule has 0 N–H and O–H groups in total. The van der Waals surface area contributed by atoms with E-state index in [1.807, 2.05) is 4.68 Å². The molecule has 1 saturated heterocycles. The van der Waals surface area contributed by atoms with Crippen LogP contribution in [0, 0.1) is 6.92 Å². The number of aryl methyl sites for hydroxylation is 1. The molecule has 4 nitrogen and oxygen atoms in total. The summed E-state index contributed by atoms with van der Waals surface area (Å²) < 4.78 is 8.31. The Hall–Kier alpha value is -1.68. The minimum atomic E-state index is -0.301. The Kier molecular flexibility index (Phi) is 3.13. The van der Waals surface area contributed by atoms with Crippen molar-refractivity contribution in [2.45, 2.75) is 51.4 Å². The SMILES string of the molecule is Cc1ccc(C2(Cn3cncn3)CCC(C)(C)O2)cc1. The van der Waals surface area contributed by atoms with Crippen molar-refractivity contribution in [1.82, 2.24) is 14.8 Å². The lowest BCUT2D eigenvalue weighted by Gasteiger charge is -2.32. The summed E-state index contributed by atoms with van der Waals surface area (Å²) in [6.07, 6.45) is 5.38. The summed E-state index contributed by atoms with van der Waals surface area (Å²) >= 11 is 0. The molecular formula is C16H21N3O. The number of ether oxygens (including phenoxy) is 1. The third-order valence-electron chi connectivity index (χ3n) is 4.06. The number of hydrogen-bond donors (Lipinski definition) is 0. The van der Waals surface area contributed by atoms with Gasteiger partial charge in [0, 0.05) is 0 Å². The Bertz CT molecular complexity index is 574. The molecule has 3 rings (SSSR count). The van der Waals surface area contributed by atoms with Crippen molar-refractivity contribution in [3.05, 3.63) is 48.0 Å². The molecule has 0 spiro atoms. The van der Waals surface area contributed by atoms with Crippen LogP contribution in [0.25, 0.3) is 0 Å². The van der Waals surface area contributed by atoms with Crippen LogP contribution >= 0.6 is 0 Å². The van der Waals surface area contributed by atoms with E-state index in [-0.39, 0.29) is 11.2 Å². The van der Waals surface area contributed by atoms with Crippen LogP contribution in [0.2, 0.25) is 0 Å². The van der Waals surface area contributed by atoms with Crippen molar-refractivity contribution >= 4 is 0 Å². The normalized spacial score (nSPS) is 24.9. The standard InChI is InChI=1S/C16H21N3O/c1-13-4-6-14(7-5-13)16(9-8-15(2,3)20-16)10-19-12-17-11-18-19/h4-7,11-12H,8-10H2,1-3H3. The summed E-state index contributed by atoms with van der Waals surface area (Å²) in [5.41, 5.74) is 2.10. The molecule has 1 aliphatic heterocycles. The Balaban J connectivity index is 1.97. The van der Waals surface area contributed by atoms with E-state index < -0.39 is 0 Å². The minimum absolute atomic E-state index is 0.0918. The van der Waals surface area contributed by atoms with Gasteiger partial charge in [-0.05, 0) is 39.2 Å². The lowest BCUT2D eigenvalue weighted by molar-refractivity contribution is -0.101. The van der Waals surface area contributed by atoms with Gasteiger partial charge in [0.15, 0.2) is 0 Å². The first-order chi connectivity index (χ1) is 9.49. The van der Waals surface area contributed by atoms with Gasteiger partial charge in [0.25, 0.3) is 0 Å². The summed E-state index contributed by atoms with van der Waals surface area (Å²) in [6, 6.07) is 8.64. The molecule has 0 radical (unpaired) electrons. The van der Waals surface area contributed by atoms with Crippen molar-refractivity contribution < 1.29 is 4.74 Å². The van der Waals surface area contributed by atoms with Crippen LogP contribution in [-0.2, 0) is 16.9 Å². The highest BCUT2D eigenvalue weighted by Gasteiger charge is 2.45. The summed E-state index contributed by atoms with van der Waals surface area (Å²) in [7, 11) is 0. The van der Waals surface area contributed by atoms with Crippen molar-refractivity contribution in [3.8, 4) is 0 Å². The smallest absolute Gasteiger partial charge is 0.137 e. The zero-order chi connectivity index (χ0) is 14.2. The first kappa shape index (κ1) is 13.3. The van der Waals surface area contributed by atoms with E-state index in [2.05, 4.69) is 55.1 Å². The van der Waals surface area contributed by atoms with Gasteiger partial charge in [-0.3, -0.25) is 0 Å². The van der Waals surface area contributed by atoms with Crippen LogP contribution in [0.4, 0.5) is 0 Å². The maximum absolute atomic E-state index is 6.45. The second kappa shape index (κ2) is 4.70. The highest BCUT2D eigenvalue weighted by Crippen LogP contribution is 2.45. The summed E-state index contributed by atoms with van der Waals surface area (Å²) in [4.78, 5) is 4.04. The molecule has 2 aromatic rings. The number of aromatic nitrogens is 3. The fraction of sp³-hybridized carbons (Fsp3) is 0.500. The van der Waals surface area contributed by atoms with E-state index in [0.29, 0.717) is 6.54 Å². The second-order valence-electron chi connectivity index (χ2n) is 6.32. The molecule has 1 unspecified atom stereocenters. The molecule has 1 fully saturated rings. The second-order valence-corrected chi connectivity index (χ2v) is 6.32. The van der Waals surface area contributed by atoms with Crippen LogP contribution in [0.15, 0.2) is 36.9 Å². The van der Waals surface area contributed by atoms with Gasteiger partial charge in [-0.1, -0.05) is 29.8 Å². The summed E-state index contributed by atoms with van der Waals surface area (Å²) in [6.45, 7) is 7.13. The van der Waals surface area contributed by atoms with E-state index in [9.17, 15) is 0 Å². The molecule has 20 heavy (non-hydrogen) atoms. The molecule has 0 saturated carbocycles. The largest absolute Gasteiger partial charge is 0.362 e. The van der Waals surface area contributed by atoms with Gasteiger partial charge in [0.05, 0.1) is 12.1 Å². The van der Waals surface area contributed by atoms with Crippen molar-refractivity contribution in [1.29, 1.82) is 0 Å². The average molecular weight is 271 g/mol. The van der Waals surface area contributed by atoms with Gasteiger partial charge in [-0.2, -0.15) is 5.10 Å². The Morgan fingerprint density at radius 2 is 1.95 bits per heavy atom.